The molecule has 5 nitrogen and oxygen atoms in total. The lowest BCUT2D eigenvalue weighted by atomic mass is 10.4. The first-order valence-electron chi connectivity index (χ1n) is 5.33. The lowest BCUT2D eigenvalue weighted by Gasteiger charge is -2.00. The summed E-state index contributed by atoms with van der Waals surface area (Å²) in [7, 11) is 0. The predicted octanol–water partition coefficient (Wildman–Crippen LogP) is 0.811. The van der Waals surface area contributed by atoms with Gasteiger partial charge in [0, 0.05) is 25.2 Å². The fourth-order valence-corrected chi connectivity index (χ4v) is 0.787. The lowest BCUT2D eigenvalue weighted by molar-refractivity contribution is -0.140. The SMILES string of the molecule is CCCCOC(=O)/C=C\C(=O)OCCCO. The molecule has 0 aliphatic rings. The van der Waals surface area contributed by atoms with Gasteiger partial charge >= 0.3 is 11.9 Å². The van der Waals surface area contributed by atoms with E-state index in [1.807, 2.05) is 6.92 Å². The van der Waals surface area contributed by atoms with Gasteiger partial charge < -0.3 is 14.6 Å². The van der Waals surface area contributed by atoms with E-state index in [1.165, 1.54) is 0 Å². The zero-order valence-corrected chi connectivity index (χ0v) is 9.48. The van der Waals surface area contributed by atoms with E-state index in [4.69, 9.17) is 9.84 Å². The number of hydrogen-bond acceptors (Lipinski definition) is 5. The number of ether oxygens (including phenoxy) is 2. The van der Waals surface area contributed by atoms with Gasteiger partial charge in [-0.25, -0.2) is 9.59 Å². The Bertz CT molecular complexity index is 211. The lowest BCUT2D eigenvalue weighted by Crippen LogP contribution is -2.06. The molecule has 0 atom stereocenters. The minimum Gasteiger partial charge on any atom is -0.463 e. The summed E-state index contributed by atoms with van der Waals surface area (Å²) in [5, 5.41) is 8.43. The van der Waals surface area contributed by atoms with Crippen molar-refractivity contribution in [1.82, 2.24) is 0 Å². The van der Waals surface area contributed by atoms with Crippen molar-refractivity contribution >= 4 is 11.9 Å². The first-order chi connectivity index (χ1) is 7.70. The highest BCUT2D eigenvalue weighted by Gasteiger charge is 2.00. The van der Waals surface area contributed by atoms with E-state index in [1.54, 1.807) is 0 Å². The van der Waals surface area contributed by atoms with Crippen LogP contribution in [0.25, 0.3) is 0 Å². The number of aliphatic hydroxyl groups is 1. The van der Waals surface area contributed by atoms with E-state index >= 15 is 0 Å². The second-order valence-corrected chi connectivity index (χ2v) is 3.10. The Kier molecular flexibility index (Phi) is 9.30. The van der Waals surface area contributed by atoms with Crippen molar-refractivity contribution in [2.45, 2.75) is 26.2 Å². The second-order valence-electron chi connectivity index (χ2n) is 3.10. The van der Waals surface area contributed by atoms with Crippen LogP contribution < -0.4 is 0 Å². The Morgan fingerprint density at radius 3 is 2.00 bits per heavy atom. The van der Waals surface area contributed by atoms with Crippen molar-refractivity contribution < 1.29 is 24.2 Å². The molecule has 0 rings (SSSR count). The fraction of sp³-hybridized carbons (Fsp3) is 0.636. The molecule has 92 valence electrons. The van der Waals surface area contributed by atoms with Crippen LogP contribution in [0.2, 0.25) is 0 Å². The van der Waals surface area contributed by atoms with Crippen molar-refractivity contribution in [1.29, 1.82) is 0 Å². The molecule has 0 aromatic heterocycles. The Hall–Kier alpha value is -1.36. The third-order valence-corrected chi connectivity index (χ3v) is 1.64. The average Bonchev–Trinajstić information content (AvgIpc) is 2.27. The van der Waals surface area contributed by atoms with E-state index < -0.39 is 11.9 Å². The zero-order valence-electron chi connectivity index (χ0n) is 9.48. The number of hydrogen-bond donors (Lipinski definition) is 1. The predicted molar refractivity (Wildman–Crippen MR) is 57.7 cm³/mol. The van der Waals surface area contributed by atoms with Crippen LogP contribution in [-0.4, -0.2) is 36.9 Å². The molecule has 0 saturated heterocycles. The van der Waals surface area contributed by atoms with Gasteiger partial charge in [-0.05, 0) is 6.42 Å². The minimum absolute atomic E-state index is 0.0317. The molecule has 16 heavy (non-hydrogen) atoms. The highest BCUT2D eigenvalue weighted by atomic mass is 16.5. The maximum Gasteiger partial charge on any atom is 0.331 e. The summed E-state index contributed by atoms with van der Waals surface area (Å²) in [4.78, 5) is 21.9. The van der Waals surface area contributed by atoms with E-state index in [0.717, 1.165) is 25.0 Å². The van der Waals surface area contributed by atoms with Gasteiger partial charge in [0.2, 0.25) is 0 Å². The number of aliphatic hydroxyl groups excluding tert-OH is 1. The zero-order chi connectivity index (χ0) is 12.2. The Morgan fingerprint density at radius 2 is 1.56 bits per heavy atom. The monoisotopic (exact) mass is 230 g/mol. The Morgan fingerprint density at radius 1 is 1.06 bits per heavy atom. The average molecular weight is 230 g/mol. The van der Waals surface area contributed by atoms with Crippen molar-refractivity contribution in [2.75, 3.05) is 19.8 Å². The second kappa shape index (κ2) is 10.2. The molecule has 0 radical (unpaired) electrons. The van der Waals surface area contributed by atoms with Crippen molar-refractivity contribution in [3.8, 4) is 0 Å². The van der Waals surface area contributed by atoms with E-state index in [0.29, 0.717) is 13.0 Å². The van der Waals surface area contributed by atoms with Crippen LogP contribution in [0, 0.1) is 0 Å². The molecule has 0 amide bonds. The van der Waals surface area contributed by atoms with E-state index in [9.17, 15) is 9.59 Å². The highest BCUT2D eigenvalue weighted by Crippen LogP contribution is 1.91. The third-order valence-electron chi connectivity index (χ3n) is 1.64. The maximum atomic E-state index is 11.0. The molecule has 0 aromatic rings. The molecular formula is C11H18O5. The largest absolute Gasteiger partial charge is 0.463 e. The highest BCUT2D eigenvalue weighted by molar-refractivity contribution is 5.91. The Balaban J connectivity index is 3.63. The number of carbonyl (C=O) groups is 2. The van der Waals surface area contributed by atoms with Gasteiger partial charge in [0.05, 0.1) is 13.2 Å². The summed E-state index contributed by atoms with van der Waals surface area (Å²) in [6.07, 6.45) is 4.20. The molecule has 5 heteroatoms. The first-order valence-corrected chi connectivity index (χ1v) is 5.33. The van der Waals surface area contributed by atoms with Gasteiger partial charge in [-0.2, -0.15) is 0 Å². The Labute approximate surface area is 95.0 Å². The van der Waals surface area contributed by atoms with E-state index in [-0.39, 0.29) is 13.2 Å². The molecule has 0 spiro atoms. The van der Waals surface area contributed by atoms with Crippen LogP contribution in [0.15, 0.2) is 12.2 Å². The maximum absolute atomic E-state index is 11.0. The van der Waals surface area contributed by atoms with Crippen molar-refractivity contribution in [2.24, 2.45) is 0 Å². The summed E-state index contributed by atoms with van der Waals surface area (Å²) in [6.45, 7) is 2.46. The van der Waals surface area contributed by atoms with E-state index in [2.05, 4.69) is 4.74 Å². The molecule has 0 saturated carbocycles. The molecule has 0 aliphatic carbocycles. The smallest absolute Gasteiger partial charge is 0.331 e. The summed E-state index contributed by atoms with van der Waals surface area (Å²) in [5.41, 5.74) is 0. The number of unbranched alkanes of at least 4 members (excludes halogenated alkanes) is 1. The fourth-order valence-electron chi connectivity index (χ4n) is 0.787. The molecule has 0 unspecified atom stereocenters. The summed E-state index contributed by atoms with van der Waals surface area (Å²) in [6, 6.07) is 0. The first kappa shape index (κ1) is 14.6. The normalized spacial score (nSPS) is 10.4. The number of esters is 2. The summed E-state index contributed by atoms with van der Waals surface area (Å²) >= 11 is 0. The molecule has 0 fully saturated rings. The quantitative estimate of drug-likeness (QED) is 0.379. The van der Waals surface area contributed by atoms with Crippen molar-refractivity contribution in [3.63, 3.8) is 0 Å². The number of rotatable bonds is 8. The topological polar surface area (TPSA) is 72.8 Å². The van der Waals surface area contributed by atoms with Crippen LogP contribution in [0.3, 0.4) is 0 Å². The molecule has 0 aliphatic heterocycles. The molecular weight excluding hydrogens is 212 g/mol. The van der Waals surface area contributed by atoms with Gasteiger partial charge in [-0.1, -0.05) is 13.3 Å². The van der Waals surface area contributed by atoms with Crippen LogP contribution in [0.4, 0.5) is 0 Å². The van der Waals surface area contributed by atoms with Gasteiger partial charge in [0.1, 0.15) is 0 Å². The molecule has 0 bridgehead atoms. The van der Waals surface area contributed by atoms with Crippen molar-refractivity contribution in [3.05, 3.63) is 12.2 Å². The standard InChI is InChI=1S/C11H18O5/c1-2-3-8-15-10(13)5-6-11(14)16-9-4-7-12/h5-6,12H,2-4,7-9H2,1H3/b6-5-. The van der Waals surface area contributed by atoms with Crippen LogP contribution in [0.1, 0.15) is 26.2 Å². The molecule has 0 aromatic carbocycles. The van der Waals surface area contributed by atoms with Gasteiger partial charge in [0.25, 0.3) is 0 Å². The number of carbonyl (C=O) groups excluding carboxylic acids is 2. The van der Waals surface area contributed by atoms with Crippen LogP contribution >= 0.6 is 0 Å². The van der Waals surface area contributed by atoms with Crippen LogP contribution in [-0.2, 0) is 19.1 Å². The summed E-state index contributed by atoms with van der Waals surface area (Å²) < 4.78 is 9.45. The molecule has 1 N–H and O–H groups in total. The molecule has 0 heterocycles. The van der Waals surface area contributed by atoms with Gasteiger partial charge in [-0.15, -0.1) is 0 Å². The third kappa shape index (κ3) is 9.21. The summed E-state index contributed by atoms with van der Waals surface area (Å²) in [5.74, 6) is -1.16. The van der Waals surface area contributed by atoms with Gasteiger partial charge in [-0.3, -0.25) is 0 Å². The minimum atomic E-state index is -0.610. The van der Waals surface area contributed by atoms with Crippen LogP contribution in [0.5, 0.6) is 0 Å². The van der Waals surface area contributed by atoms with Gasteiger partial charge in [0.15, 0.2) is 0 Å².